The van der Waals surface area contributed by atoms with Gasteiger partial charge in [-0.2, -0.15) is 0 Å². The van der Waals surface area contributed by atoms with Gasteiger partial charge in [0, 0.05) is 25.4 Å². The van der Waals surface area contributed by atoms with Gasteiger partial charge in [0.2, 0.25) is 5.75 Å². The molecule has 3 aromatic rings. The number of fused-ring (bicyclic) bond motifs is 1. The molecule has 11 heteroatoms. The van der Waals surface area contributed by atoms with Gasteiger partial charge in [-0.3, -0.25) is 9.69 Å². The maximum Gasteiger partial charge on any atom is 0.252 e. The standard InChI is InChI=1S/C24H29N3O6S2/c1-26(2)11-12-27(24-25-18-9-8-17(35(6,29)30)15-21(18)34-24)22(28)10-7-16-13-19(31-3)23(33-5)20(14-16)32-4/h7-10,13-15H,11-12H2,1-6H3/b10-7+. The molecule has 1 heterocycles. The molecule has 0 bridgehead atoms. The van der Waals surface area contributed by atoms with Gasteiger partial charge in [-0.1, -0.05) is 11.3 Å². The zero-order chi connectivity index (χ0) is 25.8. The van der Waals surface area contributed by atoms with E-state index in [1.807, 2.05) is 19.0 Å². The van der Waals surface area contributed by atoms with E-state index in [0.717, 1.165) is 6.26 Å². The Kier molecular flexibility index (Phi) is 8.36. The summed E-state index contributed by atoms with van der Waals surface area (Å²) in [6, 6.07) is 8.27. The summed E-state index contributed by atoms with van der Waals surface area (Å²) in [4.78, 5) is 21.6. The quantitative estimate of drug-likeness (QED) is 0.376. The molecule has 0 fully saturated rings. The van der Waals surface area contributed by atoms with Gasteiger partial charge in [0.05, 0.1) is 36.4 Å². The predicted octanol–water partition coefficient (Wildman–Crippen LogP) is 3.33. The number of amides is 1. The van der Waals surface area contributed by atoms with Crippen LogP contribution in [0.15, 0.2) is 41.3 Å². The third-order valence-electron chi connectivity index (χ3n) is 5.15. The number of nitrogens with zero attached hydrogens (tertiary/aromatic N) is 3. The highest BCUT2D eigenvalue weighted by molar-refractivity contribution is 7.90. The normalized spacial score (nSPS) is 11.9. The van der Waals surface area contributed by atoms with Crippen LogP contribution >= 0.6 is 11.3 Å². The lowest BCUT2D eigenvalue weighted by molar-refractivity contribution is -0.114. The van der Waals surface area contributed by atoms with Crippen LogP contribution in [0, 0.1) is 0 Å². The predicted molar refractivity (Wildman–Crippen MR) is 139 cm³/mol. The molecule has 0 spiro atoms. The number of sulfone groups is 1. The van der Waals surface area contributed by atoms with Gasteiger partial charge in [-0.15, -0.1) is 0 Å². The Morgan fingerprint density at radius 3 is 2.23 bits per heavy atom. The second-order valence-corrected chi connectivity index (χ2v) is 11.0. The van der Waals surface area contributed by atoms with E-state index in [9.17, 15) is 13.2 Å². The average molecular weight is 520 g/mol. The van der Waals surface area contributed by atoms with Gasteiger partial charge in [0.25, 0.3) is 5.91 Å². The van der Waals surface area contributed by atoms with Crippen molar-refractivity contribution in [2.45, 2.75) is 4.90 Å². The molecule has 0 radical (unpaired) electrons. The van der Waals surface area contributed by atoms with Crippen molar-refractivity contribution in [3.63, 3.8) is 0 Å². The molecule has 0 saturated carbocycles. The summed E-state index contributed by atoms with van der Waals surface area (Å²) in [7, 11) is 5.08. The first-order chi connectivity index (χ1) is 16.6. The van der Waals surface area contributed by atoms with E-state index >= 15 is 0 Å². The first-order valence-electron chi connectivity index (χ1n) is 10.6. The number of carbonyl (C=O) groups excluding carboxylic acids is 1. The minimum absolute atomic E-state index is 0.216. The second-order valence-electron chi connectivity index (χ2n) is 7.98. The minimum atomic E-state index is -3.35. The molecule has 188 valence electrons. The first-order valence-corrected chi connectivity index (χ1v) is 13.3. The van der Waals surface area contributed by atoms with E-state index < -0.39 is 9.84 Å². The average Bonchev–Trinajstić information content (AvgIpc) is 3.24. The third-order valence-corrected chi connectivity index (χ3v) is 7.30. The lowest BCUT2D eigenvalue weighted by Gasteiger charge is -2.20. The SMILES string of the molecule is COc1cc(/C=C/C(=O)N(CCN(C)C)c2nc3ccc(S(C)(=O)=O)cc3s2)cc(OC)c1OC. The van der Waals surface area contributed by atoms with Crippen molar-refractivity contribution in [2.24, 2.45) is 0 Å². The number of likely N-dealkylation sites (N-methyl/N-ethyl adjacent to an activating group) is 1. The van der Waals surface area contributed by atoms with Crippen LogP contribution in [0.5, 0.6) is 17.2 Å². The number of ether oxygens (including phenoxy) is 3. The number of hydrogen-bond donors (Lipinski definition) is 0. The van der Waals surface area contributed by atoms with Crippen LogP contribution in [0.1, 0.15) is 5.56 Å². The van der Waals surface area contributed by atoms with Gasteiger partial charge in [-0.25, -0.2) is 13.4 Å². The van der Waals surface area contributed by atoms with Crippen LogP contribution in [0.3, 0.4) is 0 Å². The van der Waals surface area contributed by atoms with Crippen molar-refractivity contribution in [3.8, 4) is 17.2 Å². The topological polar surface area (TPSA) is 98.3 Å². The van der Waals surface area contributed by atoms with Crippen molar-refractivity contribution in [2.75, 3.05) is 59.7 Å². The number of aromatic nitrogens is 1. The zero-order valence-corrected chi connectivity index (χ0v) is 22.2. The number of thiazole rings is 1. The van der Waals surface area contributed by atoms with Crippen molar-refractivity contribution in [1.82, 2.24) is 9.88 Å². The molecule has 0 atom stereocenters. The summed E-state index contributed by atoms with van der Waals surface area (Å²) in [5.41, 5.74) is 1.33. The molecular weight excluding hydrogens is 490 g/mol. The number of methoxy groups -OCH3 is 3. The molecule has 0 aliphatic rings. The monoisotopic (exact) mass is 519 g/mol. The molecule has 3 rings (SSSR count). The van der Waals surface area contributed by atoms with Crippen molar-refractivity contribution in [1.29, 1.82) is 0 Å². The van der Waals surface area contributed by atoms with E-state index in [1.165, 1.54) is 44.8 Å². The van der Waals surface area contributed by atoms with Gasteiger partial charge in [0.15, 0.2) is 26.5 Å². The summed E-state index contributed by atoms with van der Waals surface area (Å²) in [6.07, 6.45) is 4.30. The van der Waals surface area contributed by atoms with Crippen LogP contribution in [0.2, 0.25) is 0 Å². The van der Waals surface area contributed by atoms with Crippen molar-refractivity contribution < 1.29 is 27.4 Å². The summed E-state index contributed by atoms with van der Waals surface area (Å²) < 4.78 is 40.7. The Hall–Kier alpha value is -3.15. The van der Waals surface area contributed by atoms with Crippen molar-refractivity contribution >= 4 is 48.5 Å². The summed E-state index contributed by atoms with van der Waals surface area (Å²) >= 11 is 1.27. The molecular formula is C24H29N3O6S2. The molecule has 2 aromatic carbocycles. The Labute approximate surface area is 209 Å². The second kappa shape index (κ2) is 11.1. The van der Waals surface area contributed by atoms with Gasteiger partial charge < -0.3 is 19.1 Å². The lowest BCUT2D eigenvalue weighted by Crippen LogP contribution is -2.35. The number of rotatable bonds is 10. The van der Waals surface area contributed by atoms with Crippen LogP contribution in [0.4, 0.5) is 5.13 Å². The molecule has 35 heavy (non-hydrogen) atoms. The van der Waals surface area contributed by atoms with Crippen molar-refractivity contribution in [3.05, 3.63) is 42.0 Å². The Bertz CT molecular complexity index is 1320. The zero-order valence-electron chi connectivity index (χ0n) is 20.6. The molecule has 0 unspecified atom stereocenters. The molecule has 0 aliphatic carbocycles. The highest BCUT2D eigenvalue weighted by Crippen LogP contribution is 2.38. The number of benzene rings is 2. The molecule has 0 aliphatic heterocycles. The van der Waals surface area contributed by atoms with E-state index in [2.05, 4.69) is 4.98 Å². The first kappa shape index (κ1) is 26.5. The number of anilines is 1. The fourth-order valence-corrected chi connectivity index (χ4v) is 5.05. The molecule has 9 nitrogen and oxygen atoms in total. The Morgan fingerprint density at radius 1 is 1.03 bits per heavy atom. The fourth-order valence-electron chi connectivity index (χ4n) is 3.29. The maximum atomic E-state index is 13.3. The van der Waals surface area contributed by atoms with E-state index in [4.69, 9.17) is 14.2 Å². The van der Waals surface area contributed by atoms with Crippen LogP contribution < -0.4 is 19.1 Å². The van der Waals surface area contributed by atoms with Gasteiger partial charge in [-0.05, 0) is 56.1 Å². The van der Waals surface area contributed by atoms with Crippen LogP contribution in [-0.2, 0) is 14.6 Å². The van der Waals surface area contributed by atoms with E-state index in [0.29, 0.717) is 51.2 Å². The maximum absolute atomic E-state index is 13.3. The molecule has 0 saturated heterocycles. The van der Waals surface area contributed by atoms with Crippen LogP contribution in [-0.4, -0.2) is 79.0 Å². The Balaban J connectivity index is 1.96. The van der Waals surface area contributed by atoms with Gasteiger partial charge in [0.1, 0.15) is 0 Å². The highest BCUT2D eigenvalue weighted by Gasteiger charge is 2.20. The summed E-state index contributed by atoms with van der Waals surface area (Å²) in [5, 5.41) is 0.493. The highest BCUT2D eigenvalue weighted by atomic mass is 32.2. The third kappa shape index (κ3) is 6.30. The fraction of sp³-hybridized carbons (Fsp3) is 0.333. The largest absolute Gasteiger partial charge is 0.493 e. The van der Waals surface area contributed by atoms with Gasteiger partial charge >= 0.3 is 0 Å². The lowest BCUT2D eigenvalue weighted by atomic mass is 10.1. The number of carbonyl (C=O) groups is 1. The number of hydrogen-bond acceptors (Lipinski definition) is 9. The smallest absolute Gasteiger partial charge is 0.252 e. The molecule has 0 N–H and O–H groups in total. The molecule has 1 aromatic heterocycles. The molecule has 1 amide bonds. The van der Waals surface area contributed by atoms with Crippen LogP contribution in [0.25, 0.3) is 16.3 Å². The summed E-state index contributed by atoms with van der Waals surface area (Å²) in [5.74, 6) is 1.17. The summed E-state index contributed by atoms with van der Waals surface area (Å²) in [6.45, 7) is 1.03. The van der Waals surface area contributed by atoms with E-state index in [-0.39, 0.29) is 10.8 Å². The Morgan fingerprint density at radius 2 is 1.69 bits per heavy atom. The van der Waals surface area contributed by atoms with E-state index in [1.54, 1.807) is 35.2 Å². The minimum Gasteiger partial charge on any atom is -0.493 e.